The number of pyridine rings is 1. The van der Waals surface area contributed by atoms with E-state index in [-0.39, 0.29) is 5.56 Å². The molecule has 0 spiro atoms. The Morgan fingerprint density at radius 3 is 2.53 bits per heavy atom. The molecule has 0 aliphatic heterocycles. The third-order valence-electron chi connectivity index (χ3n) is 3.54. The van der Waals surface area contributed by atoms with Crippen LogP contribution in [-0.4, -0.2) is 27.5 Å². The molecule has 0 aromatic carbocycles. The second-order valence-electron chi connectivity index (χ2n) is 4.82. The Morgan fingerprint density at radius 2 is 1.95 bits per heavy atom. The topological polar surface area (TPSA) is 99.3 Å². The van der Waals surface area contributed by atoms with Gasteiger partial charge in [0.2, 0.25) is 0 Å². The molecule has 3 N–H and O–H groups in total. The van der Waals surface area contributed by atoms with Crippen LogP contribution in [0.4, 0.5) is 0 Å². The SMILES string of the molecule is O=C(NC1(C(=O)O)CCCCC1)c1c[nH]ccc1=O. The summed E-state index contributed by atoms with van der Waals surface area (Å²) in [6.45, 7) is 0. The molecule has 2 rings (SSSR count). The van der Waals surface area contributed by atoms with Crippen LogP contribution >= 0.6 is 0 Å². The van der Waals surface area contributed by atoms with Gasteiger partial charge in [-0.3, -0.25) is 9.59 Å². The van der Waals surface area contributed by atoms with Crippen molar-refractivity contribution in [1.29, 1.82) is 0 Å². The van der Waals surface area contributed by atoms with Gasteiger partial charge in [-0.15, -0.1) is 0 Å². The van der Waals surface area contributed by atoms with E-state index in [9.17, 15) is 19.5 Å². The van der Waals surface area contributed by atoms with Crippen LogP contribution in [-0.2, 0) is 4.79 Å². The molecule has 19 heavy (non-hydrogen) atoms. The van der Waals surface area contributed by atoms with Gasteiger partial charge in [0.1, 0.15) is 11.1 Å². The molecule has 1 aromatic rings. The third-order valence-corrected chi connectivity index (χ3v) is 3.54. The van der Waals surface area contributed by atoms with Gasteiger partial charge in [0.25, 0.3) is 5.91 Å². The van der Waals surface area contributed by atoms with Crippen molar-refractivity contribution in [2.45, 2.75) is 37.6 Å². The molecule has 0 atom stereocenters. The van der Waals surface area contributed by atoms with Gasteiger partial charge < -0.3 is 15.4 Å². The second-order valence-corrected chi connectivity index (χ2v) is 4.82. The number of carbonyl (C=O) groups is 2. The number of hydrogen-bond donors (Lipinski definition) is 3. The van der Waals surface area contributed by atoms with Gasteiger partial charge >= 0.3 is 5.97 Å². The smallest absolute Gasteiger partial charge is 0.329 e. The number of carboxylic acid groups (broad SMARTS) is 1. The summed E-state index contributed by atoms with van der Waals surface area (Å²) in [5.41, 5.74) is -1.72. The maximum atomic E-state index is 12.0. The zero-order valence-electron chi connectivity index (χ0n) is 10.4. The quantitative estimate of drug-likeness (QED) is 0.755. The molecule has 0 bridgehead atoms. The highest BCUT2D eigenvalue weighted by Crippen LogP contribution is 2.28. The van der Waals surface area contributed by atoms with Gasteiger partial charge in [0.05, 0.1) is 0 Å². The Balaban J connectivity index is 2.23. The minimum Gasteiger partial charge on any atom is -0.480 e. The molecule has 1 heterocycles. The van der Waals surface area contributed by atoms with Crippen LogP contribution in [0.1, 0.15) is 42.5 Å². The molecule has 6 nitrogen and oxygen atoms in total. The van der Waals surface area contributed by atoms with E-state index in [0.717, 1.165) is 19.3 Å². The Bertz CT molecular complexity index is 544. The van der Waals surface area contributed by atoms with Crippen LogP contribution in [0.2, 0.25) is 0 Å². The summed E-state index contributed by atoms with van der Waals surface area (Å²) in [4.78, 5) is 37.7. The number of carboxylic acids is 1. The standard InChI is InChI=1S/C13H16N2O4/c16-10-4-7-14-8-9(10)11(17)15-13(12(18)19)5-2-1-3-6-13/h4,7-8H,1-3,5-6H2,(H,14,16)(H,15,17)(H,18,19). The van der Waals surface area contributed by atoms with E-state index in [1.807, 2.05) is 0 Å². The maximum Gasteiger partial charge on any atom is 0.329 e. The highest BCUT2D eigenvalue weighted by Gasteiger charge is 2.41. The van der Waals surface area contributed by atoms with Crippen LogP contribution < -0.4 is 10.7 Å². The largest absolute Gasteiger partial charge is 0.480 e. The summed E-state index contributed by atoms with van der Waals surface area (Å²) in [5, 5.41) is 11.9. The lowest BCUT2D eigenvalue weighted by Crippen LogP contribution is -2.56. The molecule has 1 aliphatic carbocycles. The van der Waals surface area contributed by atoms with E-state index in [4.69, 9.17) is 0 Å². The van der Waals surface area contributed by atoms with Crippen LogP contribution in [0.15, 0.2) is 23.3 Å². The van der Waals surface area contributed by atoms with Crippen LogP contribution in [0.5, 0.6) is 0 Å². The number of nitrogens with one attached hydrogen (secondary N) is 2. The number of hydrogen-bond acceptors (Lipinski definition) is 3. The fraction of sp³-hybridized carbons (Fsp3) is 0.462. The second kappa shape index (κ2) is 5.26. The lowest BCUT2D eigenvalue weighted by Gasteiger charge is -2.33. The minimum atomic E-state index is -1.24. The molecule has 0 radical (unpaired) electrons. The molecule has 1 saturated carbocycles. The zero-order chi connectivity index (χ0) is 13.9. The molecule has 1 aliphatic rings. The molecule has 1 fully saturated rings. The van der Waals surface area contributed by atoms with Gasteiger partial charge in [0.15, 0.2) is 5.43 Å². The number of aliphatic carboxylic acids is 1. The summed E-state index contributed by atoms with van der Waals surface area (Å²) in [7, 11) is 0. The molecule has 1 amide bonds. The molecular formula is C13H16N2O4. The van der Waals surface area contributed by atoms with E-state index in [1.54, 1.807) is 0 Å². The van der Waals surface area contributed by atoms with E-state index in [2.05, 4.69) is 10.3 Å². The van der Waals surface area contributed by atoms with Gasteiger partial charge in [-0.2, -0.15) is 0 Å². The van der Waals surface area contributed by atoms with E-state index < -0.39 is 22.8 Å². The number of aromatic nitrogens is 1. The first-order chi connectivity index (χ1) is 9.05. The Hall–Kier alpha value is -2.11. The van der Waals surface area contributed by atoms with Gasteiger partial charge in [0, 0.05) is 18.5 Å². The summed E-state index contributed by atoms with van der Waals surface area (Å²) in [6, 6.07) is 1.24. The average molecular weight is 264 g/mol. The monoisotopic (exact) mass is 264 g/mol. The first-order valence-electron chi connectivity index (χ1n) is 6.28. The summed E-state index contributed by atoms with van der Waals surface area (Å²) in [6.07, 6.45) is 6.01. The van der Waals surface area contributed by atoms with Crippen LogP contribution in [0, 0.1) is 0 Å². The molecule has 102 valence electrons. The van der Waals surface area contributed by atoms with Crippen molar-refractivity contribution in [2.24, 2.45) is 0 Å². The van der Waals surface area contributed by atoms with Gasteiger partial charge in [-0.05, 0) is 12.8 Å². The Labute approximate surface area is 109 Å². The van der Waals surface area contributed by atoms with E-state index >= 15 is 0 Å². The number of aromatic amines is 1. The van der Waals surface area contributed by atoms with Crippen molar-refractivity contribution in [3.63, 3.8) is 0 Å². The van der Waals surface area contributed by atoms with Crippen molar-refractivity contribution >= 4 is 11.9 Å². The molecule has 6 heteroatoms. The third kappa shape index (κ3) is 2.67. The average Bonchev–Trinajstić information content (AvgIpc) is 2.40. The first kappa shape index (κ1) is 13.3. The number of amides is 1. The van der Waals surface area contributed by atoms with Gasteiger partial charge in [-0.1, -0.05) is 19.3 Å². The summed E-state index contributed by atoms with van der Waals surface area (Å²) < 4.78 is 0. The normalized spacial score (nSPS) is 17.7. The van der Waals surface area contributed by atoms with Crippen molar-refractivity contribution in [3.05, 3.63) is 34.2 Å². The van der Waals surface area contributed by atoms with Crippen molar-refractivity contribution in [1.82, 2.24) is 10.3 Å². The van der Waals surface area contributed by atoms with Crippen molar-refractivity contribution < 1.29 is 14.7 Å². The highest BCUT2D eigenvalue weighted by atomic mass is 16.4. The molecule has 0 unspecified atom stereocenters. The molecule has 1 aromatic heterocycles. The predicted molar refractivity (Wildman–Crippen MR) is 68.0 cm³/mol. The number of H-pyrrole nitrogens is 1. The van der Waals surface area contributed by atoms with Gasteiger partial charge in [-0.25, -0.2) is 4.79 Å². The maximum absolute atomic E-state index is 12.0. The Kier molecular flexibility index (Phi) is 3.69. The first-order valence-corrected chi connectivity index (χ1v) is 6.28. The van der Waals surface area contributed by atoms with Crippen molar-refractivity contribution in [2.75, 3.05) is 0 Å². The Morgan fingerprint density at radius 1 is 1.26 bits per heavy atom. The fourth-order valence-electron chi connectivity index (χ4n) is 2.43. The van der Waals surface area contributed by atoms with Crippen molar-refractivity contribution in [3.8, 4) is 0 Å². The molecular weight excluding hydrogens is 248 g/mol. The predicted octanol–water partition coefficient (Wildman–Crippen LogP) is 0.892. The fourth-order valence-corrected chi connectivity index (χ4v) is 2.43. The number of rotatable bonds is 3. The summed E-state index contributed by atoms with van der Waals surface area (Å²) >= 11 is 0. The zero-order valence-corrected chi connectivity index (χ0v) is 10.4. The summed E-state index contributed by atoms with van der Waals surface area (Å²) in [5.74, 6) is -1.67. The lowest BCUT2D eigenvalue weighted by atomic mass is 9.81. The highest BCUT2D eigenvalue weighted by molar-refractivity contribution is 5.97. The van der Waals surface area contributed by atoms with Crippen LogP contribution in [0.3, 0.4) is 0 Å². The van der Waals surface area contributed by atoms with E-state index in [0.29, 0.717) is 12.8 Å². The lowest BCUT2D eigenvalue weighted by molar-refractivity contribution is -0.145. The van der Waals surface area contributed by atoms with Crippen LogP contribution in [0.25, 0.3) is 0 Å². The van der Waals surface area contributed by atoms with E-state index in [1.165, 1.54) is 18.5 Å². The molecule has 0 saturated heterocycles. The minimum absolute atomic E-state index is 0.0614. The number of carbonyl (C=O) groups excluding carboxylic acids is 1.